The second-order valence-corrected chi connectivity index (χ2v) is 5.32. The van der Waals surface area contributed by atoms with Crippen molar-refractivity contribution in [2.75, 3.05) is 7.05 Å². The number of carbonyl (C=O) groups excluding carboxylic acids is 1. The van der Waals surface area contributed by atoms with Crippen LogP contribution in [-0.4, -0.2) is 17.9 Å². The highest BCUT2D eigenvalue weighted by Gasteiger charge is 2.43. The number of hydrogen-bond acceptors (Lipinski definition) is 1. The van der Waals surface area contributed by atoms with Gasteiger partial charge in [-0.2, -0.15) is 0 Å². The smallest absolute Gasteiger partial charge is 0.226 e. The summed E-state index contributed by atoms with van der Waals surface area (Å²) >= 11 is 12.2. The van der Waals surface area contributed by atoms with Crippen LogP contribution in [0.25, 0.3) is 0 Å². The molecule has 2 unspecified atom stereocenters. The standard InChI is InChI=1S/C12H11Cl2NO/c1-15-10-5-6(12(15)16)4-8-7(10)2-3-9(13)11(8)14/h2-3,6,10H,4-5H2,1H3. The van der Waals surface area contributed by atoms with Gasteiger partial charge < -0.3 is 4.90 Å². The summed E-state index contributed by atoms with van der Waals surface area (Å²) in [6.45, 7) is 0. The lowest BCUT2D eigenvalue weighted by Gasteiger charge is -2.25. The summed E-state index contributed by atoms with van der Waals surface area (Å²) in [5.41, 5.74) is 2.23. The van der Waals surface area contributed by atoms with Crippen LogP contribution in [0.15, 0.2) is 12.1 Å². The molecule has 0 spiro atoms. The monoisotopic (exact) mass is 255 g/mol. The lowest BCUT2D eigenvalue weighted by molar-refractivity contribution is -0.130. The molecular formula is C12H11Cl2NO. The van der Waals surface area contributed by atoms with Crippen LogP contribution in [0.3, 0.4) is 0 Å². The first-order chi connectivity index (χ1) is 7.59. The Morgan fingerprint density at radius 3 is 2.88 bits per heavy atom. The van der Waals surface area contributed by atoms with Crippen LogP contribution in [0.5, 0.6) is 0 Å². The maximum atomic E-state index is 11.9. The van der Waals surface area contributed by atoms with Crippen molar-refractivity contribution in [3.8, 4) is 0 Å². The zero-order valence-electron chi connectivity index (χ0n) is 8.84. The molecule has 1 aromatic carbocycles. The van der Waals surface area contributed by atoms with Crippen molar-refractivity contribution in [1.82, 2.24) is 4.90 Å². The molecule has 1 saturated heterocycles. The number of carbonyl (C=O) groups is 1. The van der Waals surface area contributed by atoms with Gasteiger partial charge in [0.15, 0.2) is 0 Å². The number of halogens is 2. The van der Waals surface area contributed by atoms with Gasteiger partial charge in [0.1, 0.15) is 0 Å². The highest BCUT2D eigenvalue weighted by Crippen LogP contribution is 2.46. The third-order valence-electron chi connectivity index (χ3n) is 3.71. The fourth-order valence-electron chi connectivity index (χ4n) is 2.85. The van der Waals surface area contributed by atoms with Gasteiger partial charge in [0.25, 0.3) is 0 Å². The van der Waals surface area contributed by atoms with Crippen LogP contribution >= 0.6 is 23.2 Å². The predicted molar refractivity (Wildman–Crippen MR) is 63.8 cm³/mol. The summed E-state index contributed by atoms with van der Waals surface area (Å²) in [5, 5.41) is 1.20. The van der Waals surface area contributed by atoms with Crippen LogP contribution in [0, 0.1) is 5.92 Å². The maximum absolute atomic E-state index is 11.9. The minimum absolute atomic E-state index is 0.0958. The topological polar surface area (TPSA) is 20.3 Å². The molecule has 0 N–H and O–H groups in total. The van der Waals surface area contributed by atoms with Gasteiger partial charge in [-0.1, -0.05) is 29.3 Å². The van der Waals surface area contributed by atoms with Crippen molar-refractivity contribution in [1.29, 1.82) is 0 Å². The summed E-state index contributed by atoms with van der Waals surface area (Å²) in [7, 11) is 1.87. The largest absolute Gasteiger partial charge is 0.338 e. The molecule has 84 valence electrons. The normalized spacial score (nSPS) is 27.2. The van der Waals surface area contributed by atoms with E-state index in [-0.39, 0.29) is 17.9 Å². The lowest BCUT2D eigenvalue weighted by Crippen LogP contribution is -2.23. The van der Waals surface area contributed by atoms with E-state index in [0.717, 1.165) is 18.4 Å². The van der Waals surface area contributed by atoms with E-state index in [1.807, 2.05) is 24.1 Å². The van der Waals surface area contributed by atoms with Crippen molar-refractivity contribution in [2.24, 2.45) is 5.92 Å². The molecule has 0 aromatic heterocycles. The van der Waals surface area contributed by atoms with Crippen molar-refractivity contribution >= 4 is 29.1 Å². The van der Waals surface area contributed by atoms with Crippen LogP contribution in [-0.2, 0) is 11.2 Å². The number of fused-ring (bicyclic) bond motifs is 4. The second-order valence-electron chi connectivity index (χ2n) is 4.53. The highest BCUT2D eigenvalue weighted by molar-refractivity contribution is 6.42. The Kier molecular flexibility index (Phi) is 2.20. The third-order valence-corrected chi connectivity index (χ3v) is 4.56. The molecule has 2 aliphatic rings. The van der Waals surface area contributed by atoms with Gasteiger partial charge in [0.05, 0.1) is 16.1 Å². The summed E-state index contributed by atoms with van der Waals surface area (Å²) < 4.78 is 0. The summed E-state index contributed by atoms with van der Waals surface area (Å²) in [4.78, 5) is 13.7. The number of amides is 1. The van der Waals surface area contributed by atoms with Crippen LogP contribution in [0.2, 0.25) is 10.0 Å². The molecule has 0 radical (unpaired) electrons. The predicted octanol–water partition coefficient (Wildman–Crippen LogP) is 3.07. The summed E-state index contributed by atoms with van der Waals surface area (Å²) in [5.74, 6) is 0.326. The Balaban J connectivity index is 2.18. The van der Waals surface area contributed by atoms with E-state index >= 15 is 0 Å². The van der Waals surface area contributed by atoms with E-state index in [2.05, 4.69) is 0 Å². The number of hydrogen-bond donors (Lipinski definition) is 0. The van der Waals surface area contributed by atoms with Gasteiger partial charge in [-0.15, -0.1) is 0 Å². The van der Waals surface area contributed by atoms with Gasteiger partial charge in [-0.3, -0.25) is 4.79 Å². The average molecular weight is 256 g/mol. The van der Waals surface area contributed by atoms with Gasteiger partial charge >= 0.3 is 0 Å². The number of rotatable bonds is 0. The molecule has 1 aromatic rings. The third kappa shape index (κ3) is 1.23. The van der Waals surface area contributed by atoms with E-state index in [9.17, 15) is 4.79 Å². The maximum Gasteiger partial charge on any atom is 0.226 e. The van der Waals surface area contributed by atoms with E-state index in [1.54, 1.807) is 0 Å². The molecule has 1 heterocycles. The number of likely N-dealkylation sites (tertiary alicyclic amines) is 1. The minimum Gasteiger partial charge on any atom is -0.338 e. The summed E-state index contributed by atoms with van der Waals surface area (Å²) in [6.07, 6.45) is 1.65. The van der Waals surface area contributed by atoms with Crippen molar-refractivity contribution < 1.29 is 4.79 Å². The first-order valence-corrected chi connectivity index (χ1v) is 6.08. The molecule has 1 aliphatic heterocycles. The molecule has 1 fully saturated rings. The Labute approximate surface area is 104 Å². The first-order valence-electron chi connectivity index (χ1n) is 5.33. The van der Waals surface area contributed by atoms with Gasteiger partial charge in [0, 0.05) is 13.0 Å². The van der Waals surface area contributed by atoms with E-state index < -0.39 is 0 Å². The van der Waals surface area contributed by atoms with Crippen molar-refractivity contribution in [2.45, 2.75) is 18.9 Å². The average Bonchev–Trinajstić information content (AvgIpc) is 2.51. The van der Waals surface area contributed by atoms with Crippen LogP contribution in [0.4, 0.5) is 0 Å². The zero-order chi connectivity index (χ0) is 11.4. The van der Waals surface area contributed by atoms with Crippen LogP contribution < -0.4 is 0 Å². The Hall–Kier alpha value is -0.730. The number of nitrogens with zero attached hydrogens (tertiary/aromatic N) is 1. The molecule has 2 nitrogen and oxygen atoms in total. The lowest BCUT2D eigenvalue weighted by atomic mass is 9.84. The quantitative estimate of drug-likeness (QED) is 0.698. The second kappa shape index (κ2) is 3.38. The fraction of sp³-hybridized carbons (Fsp3) is 0.417. The Bertz CT molecular complexity index is 486. The number of benzene rings is 1. The molecule has 2 bridgehead atoms. The molecule has 1 amide bonds. The summed E-state index contributed by atoms with van der Waals surface area (Å²) in [6, 6.07) is 4.01. The van der Waals surface area contributed by atoms with E-state index in [1.165, 1.54) is 5.56 Å². The molecule has 2 atom stereocenters. The van der Waals surface area contributed by atoms with E-state index in [4.69, 9.17) is 23.2 Å². The molecule has 3 rings (SSSR count). The first kappa shape index (κ1) is 10.4. The molecular weight excluding hydrogens is 245 g/mol. The molecule has 1 aliphatic carbocycles. The van der Waals surface area contributed by atoms with Crippen LogP contribution in [0.1, 0.15) is 23.6 Å². The molecule has 4 heteroatoms. The van der Waals surface area contributed by atoms with Crippen molar-refractivity contribution in [3.63, 3.8) is 0 Å². The van der Waals surface area contributed by atoms with Gasteiger partial charge in [0.2, 0.25) is 5.91 Å². The Morgan fingerprint density at radius 2 is 2.12 bits per heavy atom. The molecule has 16 heavy (non-hydrogen) atoms. The fourth-order valence-corrected chi connectivity index (χ4v) is 3.28. The van der Waals surface area contributed by atoms with Gasteiger partial charge in [-0.05, 0) is 30.0 Å². The SMILES string of the molecule is CN1C(=O)C2Cc3c(ccc(Cl)c3Cl)C1C2. The van der Waals surface area contributed by atoms with Gasteiger partial charge in [-0.25, -0.2) is 0 Å². The Morgan fingerprint density at radius 1 is 1.38 bits per heavy atom. The van der Waals surface area contributed by atoms with E-state index in [0.29, 0.717) is 10.0 Å². The zero-order valence-corrected chi connectivity index (χ0v) is 10.3. The van der Waals surface area contributed by atoms with Crippen molar-refractivity contribution in [3.05, 3.63) is 33.3 Å². The minimum atomic E-state index is 0.0958. The highest BCUT2D eigenvalue weighted by atomic mass is 35.5. The molecule has 0 saturated carbocycles.